The summed E-state index contributed by atoms with van der Waals surface area (Å²) in [6, 6.07) is 17.8. The Morgan fingerprint density at radius 2 is 1.68 bits per heavy atom. The normalized spacial score (nSPS) is 10.7. The van der Waals surface area contributed by atoms with Gasteiger partial charge in [-0.2, -0.15) is 0 Å². The molecule has 25 heavy (non-hydrogen) atoms. The Kier molecular flexibility index (Phi) is 3.96. The topological polar surface area (TPSA) is 77.8 Å². The summed E-state index contributed by atoms with van der Waals surface area (Å²) in [4.78, 5) is 13.4. The van der Waals surface area contributed by atoms with Crippen molar-refractivity contribution < 1.29 is 4.42 Å². The van der Waals surface area contributed by atoms with Crippen molar-refractivity contribution in [1.29, 1.82) is 0 Å². The van der Waals surface area contributed by atoms with Gasteiger partial charge < -0.3 is 10.2 Å². The quantitative estimate of drug-likeness (QED) is 0.613. The molecule has 3 heterocycles. The van der Waals surface area contributed by atoms with Crippen molar-refractivity contribution in [2.75, 3.05) is 5.73 Å². The van der Waals surface area contributed by atoms with Crippen LogP contribution in [0.25, 0.3) is 22.6 Å². The zero-order valence-electron chi connectivity index (χ0n) is 13.5. The molecule has 5 heteroatoms. The fourth-order valence-electron chi connectivity index (χ4n) is 2.82. The molecule has 0 aliphatic rings. The smallest absolute Gasteiger partial charge is 0.221 e. The van der Waals surface area contributed by atoms with Crippen LogP contribution in [0.3, 0.4) is 0 Å². The highest BCUT2D eigenvalue weighted by atomic mass is 16.3. The third-order valence-electron chi connectivity index (χ3n) is 3.95. The van der Waals surface area contributed by atoms with Gasteiger partial charge in [-0.1, -0.05) is 36.4 Å². The van der Waals surface area contributed by atoms with Crippen LogP contribution >= 0.6 is 0 Å². The molecule has 0 saturated heterocycles. The van der Waals surface area contributed by atoms with Gasteiger partial charge in [-0.05, 0) is 23.8 Å². The fourth-order valence-corrected chi connectivity index (χ4v) is 2.82. The predicted octanol–water partition coefficient (Wildman–Crippen LogP) is 3.97. The molecular weight excluding hydrogens is 312 g/mol. The van der Waals surface area contributed by atoms with Crippen LogP contribution in [0.1, 0.15) is 11.1 Å². The number of nitrogen functional groups attached to an aromatic ring is 1. The molecule has 0 unspecified atom stereocenters. The first-order valence-corrected chi connectivity index (χ1v) is 7.95. The van der Waals surface area contributed by atoms with Crippen molar-refractivity contribution in [2.24, 2.45) is 0 Å². The highest BCUT2D eigenvalue weighted by molar-refractivity contribution is 5.73. The first kappa shape index (κ1) is 15.1. The van der Waals surface area contributed by atoms with Crippen molar-refractivity contribution in [2.45, 2.75) is 6.42 Å². The van der Waals surface area contributed by atoms with Gasteiger partial charge in [0.05, 0.1) is 29.6 Å². The number of nitrogens with zero attached hydrogens (tertiary/aromatic N) is 3. The number of nitrogens with two attached hydrogens (primary N) is 1. The minimum Gasteiger partial charge on any atom is -0.472 e. The van der Waals surface area contributed by atoms with E-state index in [0.717, 1.165) is 33.8 Å². The van der Waals surface area contributed by atoms with E-state index in [9.17, 15) is 0 Å². The molecule has 0 aliphatic carbocycles. The molecular formula is C20H16N4O. The first-order valence-electron chi connectivity index (χ1n) is 7.95. The van der Waals surface area contributed by atoms with Gasteiger partial charge in [-0.25, -0.2) is 9.97 Å². The molecule has 3 aromatic heterocycles. The van der Waals surface area contributed by atoms with Crippen LogP contribution in [-0.2, 0) is 6.42 Å². The molecule has 0 aliphatic heterocycles. The Labute approximate surface area is 145 Å². The second kappa shape index (κ2) is 6.57. The van der Waals surface area contributed by atoms with Gasteiger partial charge in [0.2, 0.25) is 5.95 Å². The Balaban J connectivity index is 1.94. The molecule has 0 atom stereocenters. The lowest BCUT2D eigenvalue weighted by atomic mass is 9.97. The maximum atomic E-state index is 5.98. The number of pyridine rings is 1. The Bertz CT molecular complexity index is 968. The second-order valence-electron chi connectivity index (χ2n) is 5.65. The summed E-state index contributed by atoms with van der Waals surface area (Å²) in [6.45, 7) is 0. The van der Waals surface area contributed by atoms with Crippen molar-refractivity contribution in [1.82, 2.24) is 15.0 Å². The predicted molar refractivity (Wildman–Crippen MR) is 96.6 cm³/mol. The molecule has 0 fully saturated rings. The van der Waals surface area contributed by atoms with E-state index < -0.39 is 0 Å². The minimum atomic E-state index is 0.216. The molecule has 0 spiro atoms. The fraction of sp³-hybridized carbons (Fsp3) is 0.0500. The van der Waals surface area contributed by atoms with Crippen LogP contribution in [0, 0.1) is 0 Å². The lowest BCUT2D eigenvalue weighted by Crippen LogP contribution is -2.06. The molecule has 0 amide bonds. The van der Waals surface area contributed by atoms with Gasteiger partial charge in [0.25, 0.3) is 0 Å². The third-order valence-corrected chi connectivity index (χ3v) is 3.95. The summed E-state index contributed by atoms with van der Waals surface area (Å²) in [7, 11) is 0. The Hall–Kier alpha value is -3.47. The van der Waals surface area contributed by atoms with Crippen LogP contribution in [0.5, 0.6) is 0 Å². The van der Waals surface area contributed by atoms with E-state index in [1.54, 1.807) is 18.7 Å². The number of hydrogen-bond donors (Lipinski definition) is 1. The monoisotopic (exact) mass is 328 g/mol. The van der Waals surface area contributed by atoms with Crippen LogP contribution in [0.15, 0.2) is 77.7 Å². The SMILES string of the molecule is Nc1nc(-c2ccoc2)c(Cc2ccccc2)c(-c2ccccn2)n1. The van der Waals surface area contributed by atoms with Crippen molar-refractivity contribution >= 4 is 5.95 Å². The van der Waals surface area contributed by atoms with Crippen LogP contribution in [0.2, 0.25) is 0 Å². The molecule has 4 rings (SSSR count). The van der Waals surface area contributed by atoms with Gasteiger partial charge >= 0.3 is 0 Å². The van der Waals surface area contributed by atoms with Crippen LogP contribution < -0.4 is 5.73 Å². The van der Waals surface area contributed by atoms with E-state index in [0.29, 0.717) is 6.42 Å². The summed E-state index contributed by atoms with van der Waals surface area (Å²) < 4.78 is 5.24. The molecule has 0 saturated carbocycles. The minimum absolute atomic E-state index is 0.216. The largest absolute Gasteiger partial charge is 0.472 e. The van der Waals surface area contributed by atoms with Crippen molar-refractivity contribution in [3.63, 3.8) is 0 Å². The molecule has 2 N–H and O–H groups in total. The number of aromatic nitrogens is 3. The molecule has 1 aromatic carbocycles. The Morgan fingerprint density at radius 3 is 2.40 bits per heavy atom. The maximum absolute atomic E-state index is 5.98. The molecule has 0 radical (unpaired) electrons. The molecule has 122 valence electrons. The third kappa shape index (κ3) is 3.12. The molecule has 4 aromatic rings. The van der Waals surface area contributed by atoms with Gasteiger partial charge in [0, 0.05) is 23.7 Å². The average Bonchev–Trinajstić information content (AvgIpc) is 3.19. The van der Waals surface area contributed by atoms with Crippen LogP contribution in [-0.4, -0.2) is 15.0 Å². The summed E-state index contributed by atoms with van der Waals surface area (Å²) in [5.74, 6) is 0.216. The van der Waals surface area contributed by atoms with E-state index in [-0.39, 0.29) is 5.95 Å². The highest BCUT2D eigenvalue weighted by Gasteiger charge is 2.18. The van der Waals surface area contributed by atoms with E-state index in [4.69, 9.17) is 10.2 Å². The maximum Gasteiger partial charge on any atom is 0.221 e. The standard InChI is InChI=1S/C20H16N4O/c21-20-23-18(15-9-11-25-13-15)16(12-14-6-2-1-3-7-14)19(24-20)17-8-4-5-10-22-17/h1-11,13H,12H2,(H2,21,23,24). The summed E-state index contributed by atoms with van der Waals surface area (Å²) in [5, 5.41) is 0. The first-order chi connectivity index (χ1) is 12.3. The number of hydrogen-bond acceptors (Lipinski definition) is 5. The van der Waals surface area contributed by atoms with E-state index in [1.165, 1.54) is 0 Å². The number of furan rings is 1. The highest BCUT2D eigenvalue weighted by Crippen LogP contribution is 2.31. The zero-order chi connectivity index (χ0) is 17.1. The average molecular weight is 328 g/mol. The number of benzene rings is 1. The number of rotatable bonds is 4. The van der Waals surface area contributed by atoms with E-state index >= 15 is 0 Å². The van der Waals surface area contributed by atoms with Gasteiger partial charge in [-0.3, -0.25) is 4.98 Å². The van der Waals surface area contributed by atoms with Crippen molar-refractivity contribution in [3.8, 4) is 22.6 Å². The lowest BCUT2D eigenvalue weighted by molar-refractivity contribution is 0.568. The summed E-state index contributed by atoms with van der Waals surface area (Å²) in [6.07, 6.45) is 5.71. The van der Waals surface area contributed by atoms with Crippen LogP contribution in [0.4, 0.5) is 5.95 Å². The summed E-state index contributed by atoms with van der Waals surface area (Å²) in [5.41, 5.74) is 11.3. The summed E-state index contributed by atoms with van der Waals surface area (Å²) >= 11 is 0. The van der Waals surface area contributed by atoms with Gasteiger partial charge in [0.15, 0.2) is 0 Å². The zero-order valence-corrected chi connectivity index (χ0v) is 13.5. The molecule has 5 nitrogen and oxygen atoms in total. The van der Waals surface area contributed by atoms with Crippen molar-refractivity contribution in [3.05, 3.63) is 84.4 Å². The van der Waals surface area contributed by atoms with Gasteiger partial charge in [0.1, 0.15) is 0 Å². The van der Waals surface area contributed by atoms with E-state index in [1.807, 2.05) is 42.5 Å². The number of anilines is 1. The van der Waals surface area contributed by atoms with E-state index in [2.05, 4.69) is 27.1 Å². The second-order valence-corrected chi connectivity index (χ2v) is 5.65. The Morgan fingerprint density at radius 1 is 0.880 bits per heavy atom. The van der Waals surface area contributed by atoms with Gasteiger partial charge in [-0.15, -0.1) is 0 Å². The lowest BCUT2D eigenvalue weighted by Gasteiger charge is -2.13. The molecule has 0 bridgehead atoms.